The predicted octanol–water partition coefficient (Wildman–Crippen LogP) is 3.05. The molecule has 3 rings (SSSR count). The summed E-state index contributed by atoms with van der Waals surface area (Å²) in [4.78, 5) is 16.5. The van der Waals surface area contributed by atoms with Crippen LogP contribution in [-0.2, 0) is 16.0 Å². The Morgan fingerprint density at radius 1 is 1.14 bits per heavy atom. The minimum atomic E-state index is -0.161. The third kappa shape index (κ3) is 5.47. The number of urea groups is 1. The van der Waals surface area contributed by atoms with Crippen molar-refractivity contribution in [1.82, 2.24) is 10.2 Å². The molecule has 2 amide bonds. The van der Waals surface area contributed by atoms with Crippen LogP contribution in [0.1, 0.15) is 17.2 Å². The Kier molecular flexibility index (Phi) is 7.28. The van der Waals surface area contributed by atoms with E-state index >= 15 is 0 Å². The van der Waals surface area contributed by atoms with Crippen LogP contribution in [0.2, 0.25) is 0 Å². The number of amides is 2. The fourth-order valence-corrected chi connectivity index (χ4v) is 3.30. The van der Waals surface area contributed by atoms with Gasteiger partial charge in [-0.25, -0.2) is 4.79 Å². The number of carbonyl (C=O) groups is 1. The topological polar surface area (TPSA) is 54.0 Å². The first-order valence-electron chi connectivity index (χ1n) is 9.65. The summed E-state index contributed by atoms with van der Waals surface area (Å²) in [6.07, 6.45) is -0.161. The molecular formula is C22H29N3O3. The molecule has 1 atom stereocenters. The summed E-state index contributed by atoms with van der Waals surface area (Å²) >= 11 is 0. The van der Waals surface area contributed by atoms with E-state index in [9.17, 15) is 4.79 Å². The monoisotopic (exact) mass is 383 g/mol. The molecular weight excluding hydrogens is 354 g/mol. The zero-order chi connectivity index (χ0) is 19.8. The second kappa shape index (κ2) is 10.1. The van der Waals surface area contributed by atoms with E-state index in [2.05, 4.69) is 34.5 Å². The highest BCUT2D eigenvalue weighted by Crippen LogP contribution is 2.18. The van der Waals surface area contributed by atoms with Crippen LogP contribution >= 0.6 is 0 Å². The van der Waals surface area contributed by atoms with Crippen molar-refractivity contribution >= 4 is 11.7 Å². The Hall–Kier alpha value is -2.57. The van der Waals surface area contributed by atoms with E-state index in [-0.39, 0.29) is 12.1 Å². The third-order valence-corrected chi connectivity index (χ3v) is 4.97. The summed E-state index contributed by atoms with van der Waals surface area (Å²) in [5.74, 6) is 0. The zero-order valence-corrected chi connectivity index (χ0v) is 16.6. The second-order valence-corrected chi connectivity index (χ2v) is 6.94. The van der Waals surface area contributed by atoms with Gasteiger partial charge in [-0.3, -0.25) is 0 Å². The van der Waals surface area contributed by atoms with E-state index in [0.717, 1.165) is 37.4 Å². The normalized spacial score (nSPS) is 15.1. The lowest BCUT2D eigenvalue weighted by molar-refractivity contribution is 0.102. The number of morpholine rings is 1. The van der Waals surface area contributed by atoms with E-state index < -0.39 is 0 Å². The van der Waals surface area contributed by atoms with Crippen molar-refractivity contribution in [2.45, 2.75) is 12.6 Å². The molecule has 0 aliphatic carbocycles. The smallest absolute Gasteiger partial charge is 0.317 e. The number of hydrogen-bond acceptors (Lipinski definition) is 4. The first-order chi connectivity index (χ1) is 13.7. The number of methoxy groups -OCH3 is 1. The molecule has 0 radical (unpaired) electrons. The summed E-state index contributed by atoms with van der Waals surface area (Å²) in [6, 6.07) is 18.2. The van der Waals surface area contributed by atoms with Gasteiger partial charge in [-0.15, -0.1) is 0 Å². The fourth-order valence-electron chi connectivity index (χ4n) is 3.30. The van der Waals surface area contributed by atoms with Gasteiger partial charge in [0.1, 0.15) is 0 Å². The van der Waals surface area contributed by atoms with Crippen LogP contribution in [0.15, 0.2) is 54.6 Å². The number of anilines is 1. The van der Waals surface area contributed by atoms with Crippen LogP contribution in [0.25, 0.3) is 0 Å². The van der Waals surface area contributed by atoms with Crippen molar-refractivity contribution in [2.24, 2.45) is 0 Å². The van der Waals surface area contributed by atoms with Crippen LogP contribution in [0.4, 0.5) is 10.5 Å². The van der Waals surface area contributed by atoms with Gasteiger partial charge in [-0.05, 0) is 23.3 Å². The molecule has 1 unspecified atom stereocenters. The van der Waals surface area contributed by atoms with Crippen molar-refractivity contribution in [3.05, 3.63) is 65.7 Å². The van der Waals surface area contributed by atoms with Gasteiger partial charge in [0.25, 0.3) is 0 Å². The minimum absolute atomic E-state index is 0.116. The SMILES string of the molecule is COC(CNC(=O)N(C)Cc1ccc(N2CCOCC2)cc1)c1ccccc1. The van der Waals surface area contributed by atoms with Crippen LogP contribution in [0.5, 0.6) is 0 Å². The standard InChI is InChI=1S/C22H29N3O3/c1-24(22(26)23-16-21(27-2)19-6-4-3-5-7-19)17-18-8-10-20(11-9-18)25-12-14-28-15-13-25/h3-11,21H,12-17H2,1-2H3,(H,23,26). The maximum atomic E-state index is 12.5. The number of nitrogens with one attached hydrogen (secondary N) is 1. The molecule has 2 aromatic rings. The summed E-state index contributed by atoms with van der Waals surface area (Å²) in [6.45, 7) is 4.37. The van der Waals surface area contributed by atoms with Gasteiger partial charge in [0.05, 0.1) is 19.3 Å². The van der Waals surface area contributed by atoms with Gasteiger partial charge >= 0.3 is 6.03 Å². The minimum Gasteiger partial charge on any atom is -0.378 e. The van der Waals surface area contributed by atoms with Gasteiger partial charge in [-0.1, -0.05) is 42.5 Å². The van der Waals surface area contributed by atoms with Crippen LogP contribution in [0.3, 0.4) is 0 Å². The second-order valence-electron chi connectivity index (χ2n) is 6.94. The Balaban J connectivity index is 1.49. The van der Waals surface area contributed by atoms with Gasteiger partial charge in [0.15, 0.2) is 0 Å². The molecule has 150 valence electrons. The Bertz CT molecular complexity index is 730. The van der Waals surface area contributed by atoms with E-state index in [0.29, 0.717) is 13.1 Å². The van der Waals surface area contributed by atoms with Gasteiger partial charge in [-0.2, -0.15) is 0 Å². The summed E-state index contributed by atoms with van der Waals surface area (Å²) in [5.41, 5.74) is 3.35. The number of hydrogen-bond donors (Lipinski definition) is 1. The lowest BCUT2D eigenvalue weighted by Gasteiger charge is -2.29. The van der Waals surface area contributed by atoms with E-state index in [4.69, 9.17) is 9.47 Å². The molecule has 2 aromatic carbocycles. The largest absolute Gasteiger partial charge is 0.378 e. The van der Waals surface area contributed by atoms with Crippen molar-refractivity contribution in [3.8, 4) is 0 Å². The Morgan fingerprint density at radius 3 is 2.46 bits per heavy atom. The van der Waals surface area contributed by atoms with Crippen molar-refractivity contribution in [3.63, 3.8) is 0 Å². The van der Waals surface area contributed by atoms with E-state index in [1.807, 2.05) is 30.3 Å². The molecule has 1 aliphatic heterocycles. The fraction of sp³-hybridized carbons (Fsp3) is 0.409. The molecule has 1 fully saturated rings. The molecule has 1 N–H and O–H groups in total. The molecule has 28 heavy (non-hydrogen) atoms. The number of benzene rings is 2. The molecule has 0 saturated carbocycles. The van der Waals surface area contributed by atoms with Crippen molar-refractivity contribution in [1.29, 1.82) is 0 Å². The van der Waals surface area contributed by atoms with E-state index in [1.54, 1.807) is 19.1 Å². The number of nitrogens with zero attached hydrogens (tertiary/aromatic N) is 2. The average molecular weight is 383 g/mol. The molecule has 1 aliphatic rings. The number of rotatable bonds is 7. The van der Waals surface area contributed by atoms with Crippen molar-refractivity contribution in [2.75, 3.05) is 51.9 Å². The first-order valence-corrected chi connectivity index (χ1v) is 9.65. The molecule has 0 bridgehead atoms. The van der Waals surface area contributed by atoms with Crippen LogP contribution in [0, 0.1) is 0 Å². The average Bonchev–Trinajstić information content (AvgIpc) is 2.76. The van der Waals surface area contributed by atoms with Crippen molar-refractivity contribution < 1.29 is 14.3 Å². The molecule has 1 heterocycles. The highest BCUT2D eigenvalue weighted by Gasteiger charge is 2.15. The highest BCUT2D eigenvalue weighted by molar-refractivity contribution is 5.73. The van der Waals surface area contributed by atoms with E-state index in [1.165, 1.54) is 5.69 Å². The summed E-state index contributed by atoms with van der Waals surface area (Å²) in [7, 11) is 3.46. The highest BCUT2D eigenvalue weighted by atomic mass is 16.5. The molecule has 6 heteroatoms. The quantitative estimate of drug-likeness (QED) is 0.798. The Morgan fingerprint density at radius 2 is 1.82 bits per heavy atom. The first kappa shape index (κ1) is 20.2. The molecule has 0 spiro atoms. The lowest BCUT2D eigenvalue weighted by atomic mass is 10.1. The van der Waals surface area contributed by atoms with Gasteiger partial charge in [0, 0.05) is 46.0 Å². The predicted molar refractivity (Wildman–Crippen MR) is 111 cm³/mol. The maximum Gasteiger partial charge on any atom is 0.317 e. The Labute approximate surface area is 167 Å². The zero-order valence-electron chi connectivity index (χ0n) is 16.6. The number of carbonyl (C=O) groups excluding carboxylic acids is 1. The summed E-state index contributed by atoms with van der Waals surface area (Å²) < 4.78 is 10.9. The number of ether oxygens (including phenoxy) is 2. The maximum absolute atomic E-state index is 12.5. The lowest BCUT2D eigenvalue weighted by Crippen LogP contribution is -2.39. The van der Waals surface area contributed by atoms with Crippen LogP contribution < -0.4 is 10.2 Å². The van der Waals surface area contributed by atoms with Gasteiger partial charge in [0.2, 0.25) is 0 Å². The van der Waals surface area contributed by atoms with Gasteiger partial charge < -0.3 is 24.6 Å². The van der Waals surface area contributed by atoms with Crippen LogP contribution in [-0.4, -0.2) is 57.9 Å². The summed E-state index contributed by atoms with van der Waals surface area (Å²) in [5, 5.41) is 2.96. The third-order valence-electron chi connectivity index (χ3n) is 4.97. The molecule has 1 saturated heterocycles. The molecule has 6 nitrogen and oxygen atoms in total. The molecule has 0 aromatic heterocycles.